The van der Waals surface area contributed by atoms with Crippen LogP contribution in [0.25, 0.3) is 0 Å². The Hall–Kier alpha value is -1.83. The van der Waals surface area contributed by atoms with Crippen molar-refractivity contribution < 1.29 is 23.2 Å². The third-order valence-corrected chi connectivity index (χ3v) is 3.62. The van der Waals surface area contributed by atoms with Crippen LogP contribution >= 0.6 is 0 Å². The SMILES string of the molecule is O=[N+]([O-])c1cc(C(F)(F)F)ccc1NCC1CCC(O)C1. The Morgan fingerprint density at radius 3 is 2.62 bits per heavy atom. The number of hydrogen-bond donors (Lipinski definition) is 2. The van der Waals surface area contributed by atoms with Crippen LogP contribution in [0.1, 0.15) is 24.8 Å². The van der Waals surface area contributed by atoms with E-state index >= 15 is 0 Å². The molecule has 2 N–H and O–H groups in total. The molecule has 0 aromatic heterocycles. The molecule has 0 bridgehead atoms. The van der Waals surface area contributed by atoms with Gasteiger partial charge in [0.25, 0.3) is 5.69 Å². The molecule has 0 saturated heterocycles. The van der Waals surface area contributed by atoms with E-state index in [1.807, 2.05) is 0 Å². The lowest BCUT2D eigenvalue weighted by Crippen LogP contribution is -2.14. The van der Waals surface area contributed by atoms with Gasteiger partial charge in [0.15, 0.2) is 0 Å². The molecule has 116 valence electrons. The van der Waals surface area contributed by atoms with Crippen molar-refractivity contribution in [1.29, 1.82) is 0 Å². The van der Waals surface area contributed by atoms with Crippen molar-refractivity contribution >= 4 is 11.4 Å². The Labute approximate surface area is 118 Å². The van der Waals surface area contributed by atoms with Gasteiger partial charge in [0.2, 0.25) is 0 Å². The number of aliphatic hydroxyl groups excluding tert-OH is 1. The van der Waals surface area contributed by atoms with Crippen molar-refractivity contribution in [3.05, 3.63) is 33.9 Å². The zero-order chi connectivity index (χ0) is 15.6. The molecule has 0 amide bonds. The normalized spacial score (nSPS) is 22.3. The number of nitro groups is 1. The van der Waals surface area contributed by atoms with Crippen molar-refractivity contribution in [1.82, 2.24) is 0 Å². The highest BCUT2D eigenvalue weighted by atomic mass is 19.4. The smallest absolute Gasteiger partial charge is 0.393 e. The van der Waals surface area contributed by atoms with Gasteiger partial charge in [0.05, 0.1) is 16.6 Å². The maximum absolute atomic E-state index is 12.6. The summed E-state index contributed by atoms with van der Waals surface area (Å²) in [5, 5.41) is 23.1. The maximum Gasteiger partial charge on any atom is 0.416 e. The average Bonchev–Trinajstić information content (AvgIpc) is 2.80. The number of nitrogens with zero attached hydrogens (tertiary/aromatic N) is 1. The molecule has 1 aromatic carbocycles. The summed E-state index contributed by atoms with van der Waals surface area (Å²) in [5.41, 5.74) is -1.58. The summed E-state index contributed by atoms with van der Waals surface area (Å²) >= 11 is 0. The molecule has 1 aliphatic carbocycles. The van der Waals surface area contributed by atoms with Gasteiger partial charge >= 0.3 is 6.18 Å². The number of nitrogens with one attached hydrogen (secondary N) is 1. The van der Waals surface area contributed by atoms with Gasteiger partial charge in [0, 0.05) is 12.6 Å². The third kappa shape index (κ3) is 3.84. The Morgan fingerprint density at radius 2 is 2.10 bits per heavy atom. The van der Waals surface area contributed by atoms with Gasteiger partial charge in [-0.15, -0.1) is 0 Å². The first-order valence-electron chi connectivity index (χ1n) is 6.55. The van der Waals surface area contributed by atoms with Gasteiger partial charge in [-0.25, -0.2) is 0 Å². The molecule has 2 atom stereocenters. The summed E-state index contributed by atoms with van der Waals surface area (Å²) in [6.07, 6.45) is -2.90. The fraction of sp³-hybridized carbons (Fsp3) is 0.538. The van der Waals surface area contributed by atoms with E-state index in [1.54, 1.807) is 0 Å². The summed E-state index contributed by atoms with van der Waals surface area (Å²) in [4.78, 5) is 10.1. The van der Waals surface area contributed by atoms with E-state index in [9.17, 15) is 28.4 Å². The molecule has 1 aromatic rings. The molecule has 5 nitrogen and oxygen atoms in total. The van der Waals surface area contributed by atoms with Crippen LogP contribution in [-0.2, 0) is 6.18 Å². The molecule has 0 radical (unpaired) electrons. The largest absolute Gasteiger partial charge is 0.416 e. The lowest BCUT2D eigenvalue weighted by atomic mass is 10.1. The van der Waals surface area contributed by atoms with Crippen LogP contribution in [0.4, 0.5) is 24.5 Å². The number of benzene rings is 1. The highest BCUT2D eigenvalue weighted by molar-refractivity contribution is 5.63. The third-order valence-electron chi connectivity index (χ3n) is 3.62. The lowest BCUT2D eigenvalue weighted by molar-refractivity contribution is -0.384. The summed E-state index contributed by atoms with van der Waals surface area (Å²) in [7, 11) is 0. The number of nitro benzene ring substituents is 1. The molecule has 1 saturated carbocycles. The van der Waals surface area contributed by atoms with Crippen molar-refractivity contribution in [2.24, 2.45) is 5.92 Å². The van der Waals surface area contributed by atoms with Gasteiger partial charge < -0.3 is 10.4 Å². The monoisotopic (exact) mass is 304 g/mol. The first kappa shape index (κ1) is 15.6. The van der Waals surface area contributed by atoms with Crippen LogP contribution in [0, 0.1) is 16.0 Å². The molecular weight excluding hydrogens is 289 g/mol. The van der Waals surface area contributed by atoms with E-state index in [0.29, 0.717) is 25.5 Å². The molecular formula is C13H15F3N2O3. The zero-order valence-electron chi connectivity index (χ0n) is 11.1. The van der Waals surface area contributed by atoms with E-state index in [1.165, 1.54) is 0 Å². The van der Waals surface area contributed by atoms with E-state index < -0.39 is 22.4 Å². The molecule has 21 heavy (non-hydrogen) atoms. The number of halogens is 3. The van der Waals surface area contributed by atoms with Crippen LogP contribution in [0.3, 0.4) is 0 Å². The van der Waals surface area contributed by atoms with E-state index in [0.717, 1.165) is 18.6 Å². The minimum Gasteiger partial charge on any atom is -0.393 e. The van der Waals surface area contributed by atoms with Gasteiger partial charge in [-0.2, -0.15) is 13.2 Å². The molecule has 0 spiro atoms. The number of hydrogen-bond acceptors (Lipinski definition) is 4. The fourth-order valence-corrected chi connectivity index (χ4v) is 2.50. The quantitative estimate of drug-likeness (QED) is 0.661. The molecule has 1 aliphatic rings. The van der Waals surface area contributed by atoms with Crippen molar-refractivity contribution in [2.75, 3.05) is 11.9 Å². The minimum atomic E-state index is -4.61. The summed E-state index contributed by atoms with van der Waals surface area (Å²) in [5.74, 6) is 0.168. The van der Waals surface area contributed by atoms with Crippen LogP contribution in [0.15, 0.2) is 18.2 Å². The topological polar surface area (TPSA) is 75.4 Å². The van der Waals surface area contributed by atoms with E-state index in [-0.39, 0.29) is 17.7 Å². The summed E-state index contributed by atoms with van der Waals surface area (Å²) in [6.45, 7) is 0.392. The molecule has 8 heteroatoms. The maximum atomic E-state index is 12.6. The van der Waals surface area contributed by atoms with Gasteiger partial charge in [-0.1, -0.05) is 0 Å². The van der Waals surface area contributed by atoms with Gasteiger partial charge in [0.1, 0.15) is 5.69 Å². The van der Waals surface area contributed by atoms with Crippen LogP contribution in [0.2, 0.25) is 0 Å². The number of anilines is 1. The zero-order valence-corrected chi connectivity index (χ0v) is 11.1. The predicted octanol–water partition coefficient (Wildman–Crippen LogP) is 3.19. The Balaban J connectivity index is 2.13. The molecule has 2 rings (SSSR count). The van der Waals surface area contributed by atoms with Gasteiger partial charge in [-0.3, -0.25) is 10.1 Å². The van der Waals surface area contributed by atoms with Gasteiger partial charge in [-0.05, 0) is 37.3 Å². The predicted molar refractivity (Wildman–Crippen MR) is 69.9 cm³/mol. The summed E-state index contributed by atoms with van der Waals surface area (Å²) in [6, 6.07) is 2.43. The van der Waals surface area contributed by atoms with Crippen molar-refractivity contribution in [3.8, 4) is 0 Å². The number of aliphatic hydroxyl groups is 1. The highest BCUT2D eigenvalue weighted by Crippen LogP contribution is 2.35. The van der Waals surface area contributed by atoms with Crippen LogP contribution in [0.5, 0.6) is 0 Å². The molecule has 0 aliphatic heterocycles. The van der Waals surface area contributed by atoms with Crippen LogP contribution in [-0.4, -0.2) is 22.7 Å². The lowest BCUT2D eigenvalue weighted by Gasteiger charge is -2.13. The second kappa shape index (κ2) is 5.88. The highest BCUT2D eigenvalue weighted by Gasteiger charge is 2.33. The number of alkyl halides is 3. The fourth-order valence-electron chi connectivity index (χ4n) is 2.50. The van der Waals surface area contributed by atoms with Crippen LogP contribution < -0.4 is 5.32 Å². The molecule has 1 fully saturated rings. The molecule has 2 unspecified atom stereocenters. The Morgan fingerprint density at radius 1 is 1.38 bits per heavy atom. The first-order chi connectivity index (χ1) is 9.77. The minimum absolute atomic E-state index is 0.0642. The first-order valence-corrected chi connectivity index (χ1v) is 6.55. The average molecular weight is 304 g/mol. The van der Waals surface area contributed by atoms with Crippen molar-refractivity contribution in [2.45, 2.75) is 31.5 Å². The van der Waals surface area contributed by atoms with Crippen molar-refractivity contribution in [3.63, 3.8) is 0 Å². The summed E-state index contributed by atoms with van der Waals surface area (Å²) < 4.78 is 37.7. The second-order valence-corrected chi connectivity index (χ2v) is 5.20. The second-order valence-electron chi connectivity index (χ2n) is 5.20. The Bertz CT molecular complexity index is 534. The standard InChI is InChI=1S/C13H15F3N2O3/c14-13(15,16)9-2-4-11(12(6-9)18(20)21)17-7-8-1-3-10(19)5-8/h2,4,6,8,10,17,19H,1,3,5,7H2. The molecule has 0 heterocycles. The van der Waals surface area contributed by atoms with E-state index in [2.05, 4.69) is 5.32 Å². The Kier molecular flexibility index (Phi) is 4.36. The number of rotatable bonds is 4. The van der Waals surface area contributed by atoms with E-state index in [4.69, 9.17) is 0 Å².